The summed E-state index contributed by atoms with van der Waals surface area (Å²) in [6.07, 6.45) is 0. The minimum absolute atomic E-state index is 0.139. The summed E-state index contributed by atoms with van der Waals surface area (Å²) in [5.74, 6) is 0.304. The van der Waals surface area contributed by atoms with E-state index in [4.69, 9.17) is 9.84 Å². The molecule has 0 aliphatic carbocycles. The van der Waals surface area contributed by atoms with Crippen molar-refractivity contribution in [2.45, 2.75) is 6.54 Å². The number of aliphatic hydroxyl groups is 1. The van der Waals surface area contributed by atoms with Gasteiger partial charge < -0.3 is 9.84 Å². The molecule has 0 spiro atoms. The summed E-state index contributed by atoms with van der Waals surface area (Å²) < 4.78 is 17.8. The Hall–Kier alpha value is -1.13. The molecule has 2 N–H and O–H groups in total. The number of methoxy groups -OCH3 is 1. The smallest absolute Gasteiger partial charge is 0.123 e. The van der Waals surface area contributed by atoms with Gasteiger partial charge in [-0.3, -0.25) is 5.32 Å². The minimum atomic E-state index is -0.310. The highest BCUT2D eigenvalue weighted by Gasteiger charge is 2.03. The second-order valence-electron chi connectivity index (χ2n) is 2.54. The largest absolute Gasteiger partial charge is 0.496 e. The van der Waals surface area contributed by atoms with Crippen LogP contribution in [0.4, 0.5) is 4.39 Å². The van der Waals surface area contributed by atoms with Gasteiger partial charge in [0.2, 0.25) is 0 Å². The standard InChI is InChI=1S/C9H12FNO2/c1-13-9-3-2-8(10)4-7(9)5-11-6-12/h2-4,11-12H,5-6H2,1H3. The first-order chi connectivity index (χ1) is 6.27. The molecule has 0 unspecified atom stereocenters. The number of nitrogens with one attached hydrogen (secondary N) is 1. The first kappa shape index (κ1) is 9.95. The van der Waals surface area contributed by atoms with Crippen LogP contribution in [0.25, 0.3) is 0 Å². The van der Waals surface area contributed by atoms with E-state index in [2.05, 4.69) is 5.32 Å². The highest BCUT2D eigenvalue weighted by Crippen LogP contribution is 2.18. The zero-order chi connectivity index (χ0) is 9.68. The molecule has 0 saturated heterocycles. The third kappa shape index (κ3) is 2.68. The lowest BCUT2D eigenvalue weighted by atomic mass is 10.2. The number of rotatable bonds is 4. The molecule has 0 atom stereocenters. The lowest BCUT2D eigenvalue weighted by molar-refractivity contribution is 0.258. The van der Waals surface area contributed by atoms with Crippen molar-refractivity contribution in [2.24, 2.45) is 0 Å². The van der Waals surface area contributed by atoms with Gasteiger partial charge in [-0.15, -0.1) is 0 Å². The normalized spacial score (nSPS) is 10.1. The van der Waals surface area contributed by atoms with Gasteiger partial charge in [0, 0.05) is 12.1 Å². The van der Waals surface area contributed by atoms with Gasteiger partial charge in [-0.2, -0.15) is 0 Å². The monoisotopic (exact) mass is 185 g/mol. The topological polar surface area (TPSA) is 41.5 Å². The number of hydrogen-bond acceptors (Lipinski definition) is 3. The van der Waals surface area contributed by atoms with Crippen molar-refractivity contribution in [3.05, 3.63) is 29.6 Å². The van der Waals surface area contributed by atoms with Crippen LogP contribution >= 0.6 is 0 Å². The molecular formula is C9H12FNO2. The summed E-state index contributed by atoms with van der Waals surface area (Å²) in [6, 6.07) is 4.27. The fourth-order valence-electron chi connectivity index (χ4n) is 1.08. The Morgan fingerprint density at radius 3 is 2.92 bits per heavy atom. The quantitative estimate of drug-likeness (QED) is 0.684. The molecule has 0 radical (unpaired) electrons. The Bertz CT molecular complexity index is 278. The van der Waals surface area contributed by atoms with Crippen LogP contribution in [0.1, 0.15) is 5.56 Å². The molecule has 0 bridgehead atoms. The Labute approximate surface area is 76.1 Å². The molecule has 0 saturated carbocycles. The molecular weight excluding hydrogens is 173 g/mol. The second kappa shape index (κ2) is 4.79. The van der Waals surface area contributed by atoms with E-state index in [-0.39, 0.29) is 12.5 Å². The fraction of sp³-hybridized carbons (Fsp3) is 0.333. The molecule has 13 heavy (non-hydrogen) atoms. The average Bonchev–Trinajstić information content (AvgIpc) is 2.15. The van der Waals surface area contributed by atoms with Gasteiger partial charge in [-0.05, 0) is 18.2 Å². The van der Waals surface area contributed by atoms with Gasteiger partial charge >= 0.3 is 0 Å². The molecule has 0 amide bonds. The summed E-state index contributed by atoms with van der Waals surface area (Å²) in [4.78, 5) is 0. The molecule has 1 aromatic carbocycles. The number of aliphatic hydroxyl groups excluding tert-OH is 1. The van der Waals surface area contributed by atoms with E-state index in [0.717, 1.165) is 0 Å². The van der Waals surface area contributed by atoms with Gasteiger partial charge in [0.25, 0.3) is 0 Å². The third-order valence-corrected chi connectivity index (χ3v) is 1.67. The van der Waals surface area contributed by atoms with Crippen LogP contribution < -0.4 is 10.1 Å². The van der Waals surface area contributed by atoms with E-state index in [9.17, 15) is 4.39 Å². The molecule has 4 heteroatoms. The first-order valence-electron chi connectivity index (χ1n) is 3.92. The maximum atomic E-state index is 12.8. The third-order valence-electron chi connectivity index (χ3n) is 1.67. The zero-order valence-electron chi connectivity index (χ0n) is 7.38. The lowest BCUT2D eigenvalue weighted by Crippen LogP contribution is -2.14. The van der Waals surface area contributed by atoms with Crippen LogP contribution in [0.5, 0.6) is 5.75 Å². The van der Waals surface area contributed by atoms with Crippen LogP contribution in [0.15, 0.2) is 18.2 Å². The molecule has 0 aliphatic heterocycles. The Morgan fingerprint density at radius 2 is 2.31 bits per heavy atom. The summed E-state index contributed by atoms with van der Waals surface area (Å²) in [7, 11) is 1.52. The Balaban J connectivity index is 2.81. The van der Waals surface area contributed by atoms with Crippen LogP contribution in [0.3, 0.4) is 0 Å². The van der Waals surface area contributed by atoms with Crippen molar-refractivity contribution in [3.8, 4) is 5.75 Å². The van der Waals surface area contributed by atoms with Crippen LogP contribution in [0.2, 0.25) is 0 Å². The maximum Gasteiger partial charge on any atom is 0.123 e. The highest BCUT2D eigenvalue weighted by atomic mass is 19.1. The zero-order valence-corrected chi connectivity index (χ0v) is 7.38. The molecule has 72 valence electrons. The van der Waals surface area contributed by atoms with Gasteiger partial charge in [0.05, 0.1) is 13.8 Å². The highest BCUT2D eigenvalue weighted by molar-refractivity contribution is 5.33. The van der Waals surface area contributed by atoms with Crippen molar-refractivity contribution >= 4 is 0 Å². The fourth-order valence-corrected chi connectivity index (χ4v) is 1.08. The summed E-state index contributed by atoms with van der Waals surface area (Å²) in [6.45, 7) is 0.247. The van der Waals surface area contributed by atoms with Gasteiger partial charge in [0.15, 0.2) is 0 Å². The van der Waals surface area contributed by atoms with Crippen molar-refractivity contribution in [3.63, 3.8) is 0 Å². The van der Waals surface area contributed by atoms with E-state index < -0.39 is 0 Å². The lowest BCUT2D eigenvalue weighted by Gasteiger charge is -2.07. The van der Waals surface area contributed by atoms with Crippen molar-refractivity contribution < 1.29 is 14.2 Å². The van der Waals surface area contributed by atoms with E-state index in [1.807, 2.05) is 0 Å². The van der Waals surface area contributed by atoms with E-state index >= 15 is 0 Å². The SMILES string of the molecule is COc1ccc(F)cc1CNCO. The Morgan fingerprint density at radius 1 is 1.54 bits per heavy atom. The van der Waals surface area contributed by atoms with E-state index in [1.165, 1.54) is 19.2 Å². The summed E-state index contributed by atoms with van der Waals surface area (Å²) in [5.41, 5.74) is 0.691. The number of benzene rings is 1. The predicted molar refractivity (Wildman–Crippen MR) is 46.9 cm³/mol. The van der Waals surface area contributed by atoms with E-state index in [1.54, 1.807) is 6.07 Å². The molecule has 0 heterocycles. The number of hydrogen-bond donors (Lipinski definition) is 2. The predicted octanol–water partition coefficient (Wildman–Crippen LogP) is 0.874. The number of ether oxygens (including phenoxy) is 1. The van der Waals surface area contributed by atoms with Gasteiger partial charge in [-0.1, -0.05) is 0 Å². The van der Waals surface area contributed by atoms with Crippen molar-refractivity contribution in [1.29, 1.82) is 0 Å². The molecule has 0 aliphatic rings. The van der Waals surface area contributed by atoms with Crippen LogP contribution in [-0.4, -0.2) is 18.9 Å². The molecule has 1 rings (SSSR count). The van der Waals surface area contributed by atoms with Crippen LogP contribution in [-0.2, 0) is 6.54 Å². The molecule has 0 fully saturated rings. The molecule has 3 nitrogen and oxygen atoms in total. The van der Waals surface area contributed by atoms with Crippen molar-refractivity contribution in [1.82, 2.24) is 5.32 Å². The van der Waals surface area contributed by atoms with Gasteiger partial charge in [-0.25, -0.2) is 4.39 Å². The molecule has 1 aromatic rings. The summed E-state index contributed by atoms with van der Waals surface area (Å²) >= 11 is 0. The number of halogens is 1. The van der Waals surface area contributed by atoms with Gasteiger partial charge in [0.1, 0.15) is 11.6 Å². The second-order valence-corrected chi connectivity index (χ2v) is 2.54. The first-order valence-corrected chi connectivity index (χ1v) is 3.92. The van der Waals surface area contributed by atoms with Crippen molar-refractivity contribution in [2.75, 3.05) is 13.8 Å². The molecule has 0 aromatic heterocycles. The summed E-state index contributed by atoms with van der Waals surface area (Å²) in [5, 5.41) is 11.2. The van der Waals surface area contributed by atoms with E-state index in [0.29, 0.717) is 17.9 Å². The maximum absolute atomic E-state index is 12.8. The average molecular weight is 185 g/mol. The minimum Gasteiger partial charge on any atom is -0.496 e. The van der Waals surface area contributed by atoms with Crippen LogP contribution in [0, 0.1) is 5.82 Å². The Kier molecular flexibility index (Phi) is 3.67.